The van der Waals surface area contributed by atoms with Gasteiger partial charge in [0.1, 0.15) is 11.6 Å². The van der Waals surface area contributed by atoms with Gasteiger partial charge in [0.15, 0.2) is 11.5 Å². The van der Waals surface area contributed by atoms with Crippen molar-refractivity contribution in [1.29, 1.82) is 0 Å². The van der Waals surface area contributed by atoms with Crippen LogP contribution < -0.4 is 15.0 Å². The molecule has 0 fully saturated rings. The van der Waals surface area contributed by atoms with Gasteiger partial charge in [-0.1, -0.05) is 60.7 Å². The largest absolute Gasteiger partial charge is 0.493 e. The number of fused-ring (bicyclic) bond motifs is 1. The molecule has 37 heavy (non-hydrogen) atoms. The molecule has 1 aliphatic rings. The van der Waals surface area contributed by atoms with Gasteiger partial charge in [0.2, 0.25) is 0 Å². The molecule has 0 N–H and O–H groups in total. The van der Waals surface area contributed by atoms with E-state index in [1.165, 1.54) is 20.3 Å². The molecule has 190 valence electrons. The third-order valence-corrected chi connectivity index (χ3v) is 6.95. The lowest BCUT2D eigenvalue weighted by molar-refractivity contribution is 0.236. The Bertz CT molecular complexity index is 1420. The third kappa shape index (κ3) is 4.87. The summed E-state index contributed by atoms with van der Waals surface area (Å²) in [7, 11) is 3.01. The minimum Gasteiger partial charge on any atom is -0.493 e. The summed E-state index contributed by atoms with van der Waals surface area (Å²) in [5, 5.41) is 0. The molecule has 0 saturated heterocycles. The Morgan fingerprint density at radius 3 is 2.14 bits per heavy atom. The minimum atomic E-state index is -0.365. The molecule has 1 aromatic heterocycles. The molecular weight excluding hydrogens is 469 g/mol. The van der Waals surface area contributed by atoms with E-state index in [0.29, 0.717) is 54.5 Å². The van der Waals surface area contributed by atoms with E-state index in [9.17, 15) is 9.18 Å². The third-order valence-electron chi connectivity index (χ3n) is 6.95. The highest BCUT2D eigenvalue weighted by Crippen LogP contribution is 2.31. The zero-order valence-corrected chi connectivity index (χ0v) is 21.3. The molecule has 0 bridgehead atoms. The number of methoxy groups -OCH3 is 2. The number of benzene rings is 3. The molecule has 0 saturated carbocycles. The van der Waals surface area contributed by atoms with E-state index < -0.39 is 0 Å². The first-order chi connectivity index (χ1) is 18.0. The van der Waals surface area contributed by atoms with Crippen molar-refractivity contribution >= 4 is 0 Å². The van der Waals surface area contributed by atoms with Gasteiger partial charge in [-0.3, -0.25) is 14.3 Å². The second kappa shape index (κ2) is 10.6. The first-order valence-corrected chi connectivity index (χ1v) is 12.3. The van der Waals surface area contributed by atoms with E-state index in [-0.39, 0.29) is 17.4 Å². The Morgan fingerprint density at radius 2 is 1.54 bits per heavy atom. The lowest BCUT2D eigenvalue weighted by Gasteiger charge is -2.30. The van der Waals surface area contributed by atoms with Crippen LogP contribution in [0.15, 0.2) is 77.6 Å². The first-order valence-electron chi connectivity index (χ1n) is 12.3. The monoisotopic (exact) mass is 499 g/mol. The number of aromatic nitrogens is 2. The highest BCUT2D eigenvalue weighted by atomic mass is 19.1. The maximum Gasteiger partial charge on any atom is 0.259 e. The fourth-order valence-electron chi connectivity index (χ4n) is 5.12. The highest BCUT2D eigenvalue weighted by molar-refractivity contribution is 5.44. The van der Waals surface area contributed by atoms with E-state index in [1.807, 2.05) is 67.6 Å². The second-order valence-corrected chi connectivity index (χ2v) is 9.24. The van der Waals surface area contributed by atoms with Gasteiger partial charge in [-0.25, -0.2) is 9.37 Å². The van der Waals surface area contributed by atoms with Gasteiger partial charge >= 0.3 is 0 Å². The van der Waals surface area contributed by atoms with Crippen LogP contribution in [-0.2, 0) is 19.5 Å². The number of ether oxygens (including phenoxy) is 2. The molecule has 0 unspecified atom stereocenters. The average Bonchev–Trinajstić information content (AvgIpc) is 2.93. The summed E-state index contributed by atoms with van der Waals surface area (Å²) < 4.78 is 27.2. The van der Waals surface area contributed by atoms with Crippen molar-refractivity contribution in [1.82, 2.24) is 14.5 Å². The lowest BCUT2D eigenvalue weighted by atomic mass is 9.97. The zero-order valence-electron chi connectivity index (χ0n) is 21.3. The number of halogens is 1. The fourth-order valence-corrected chi connectivity index (χ4v) is 5.12. The lowest BCUT2D eigenvalue weighted by Crippen LogP contribution is -2.40. The van der Waals surface area contributed by atoms with Gasteiger partial charge < -0.3 is 9.47 Å². The van der Waals surface area contributed by atoms with E-state index in [1.54, 1.807) is 10.6 Å². The van der Waals surface area contributed by atoms with E-state index in [4.69, 9.17) is 14.5 Å². The van der Waals surface area contributed by atoms with Gasteiger partial charge in [-0.05, 0) is 24.1 Å². The number of hydrogen-bond donors (Lipinski definition) is 0. The summed E-state index contributed by atoms with van der Waals surface area (Å²) in [5.41, 5.74) is 3.95. The summed E-state index contributed by atoms with van der Waals surface area (Å²) >= 11 is 0. The second-order valence-electron chi connectivity index (χ2n) is 9.24. The Labute approximate surface area is 215 Å². The zero-order chi connectivity index (χ0) is 25.9. The van der Waals surface area contributed by atoms with Crippen LogP contribution in [0.3, 0.4) is 0 Å². The topological polar surface area (TPSA) is 56.6 Å². The van der Waals surface area contributed by atoms with Crippen molar-refractivity contribution in [2.45, 2.75) is 32.5 Å². The molecule has 2 heterocycles. The van der Waals surface area contributed by atoms with Crippen LogP contribution in [0, 0.1) is 12.7 Å². The predicted molar refractivity (Wildman–Crippen MR) is 141 cm³/mol. The summed E-state index contributed by atoms with van der Waals surface area (Å²) in [6.07, 6.45) is 0.627. The van der Waals surface area contributed by atoms with Crippen LogP contribution in [0.5, 0.6) is 11.5 Å². The summed E-state index contributed by atoms with van der Waals surface area (Å²) in [5.74, 6) is 1.14. The summed E-state index contributed by atoms with van der Waals surface area (Å²) in [4.78, 5) is 21.0. The fraction of sp³-hybridized carbons (Fsp3) is 0.267. The molecule has 0 amide bonds. The molecule has 6 nitrogen and oxygen atoms in total. The maximum atomic E-state index is 14.8. The Kier molecular flexibility index (Phi) is 7.06. The number of aryl methyl sites for hydroxylation is 1. The standard InChI is InChI=1S/C30H30FN3O3/c1-20-32-26-14-15-33(18-23-16-27(36-2)28(37-3)17-25(23)31)19-24(26)30(35)34(20)29(21-10-6-4-7-11-21)22-12-8-5-9-13-22/h4-13,16-17,29H,14-15,18-19H2,1-3H3. The van der Waals surface area contributed by atoms with Crippen LogP contribution in [0.2, 0.25) is 0 Å². The van der Waals surface area contributed by atoms with Crippen LogP contribution in [-0.4, -0.2) is 35.2 Å². The smallest absolute Gasteiger partial charge is 0.259 e. The summed E-state index contributed by atoms with van der Waals surface area (Å²) in [6, 6.07) is 22.7. The van der Waals surface area contributed by atoms with E-state index >= 15 is 0 Å². The van der Waals surface area contributed by atoms with Crippen LogP contribution >= 0.6 is 0 Å². The molecule has 4 aromatic rings. The molecule has 7 heteroatoms. The minimum absolute atomic E-state index is 0.0577. The summed E-state index contributed by atoms with van der Waals surface area (Å²) in [6.45, 7) is 3.31. The predicted octanol–water partition coefficient (Wildman–Crippen LogP) is 4.90. The Morgan fingerprint density at radius 1 is 0.946 bits per heavy atom. The van der Waals surface area contributed by atoms with Gasteiger partial charge in [0, 0.05) is 37.7 Å². The van der Waals surface area contributed by atoms with Crippen molar-refractivity contribution < 1.29 is 13.9 Å². The normalized spacial score (nSPS) is 13.4. The van der Waals surface area contributed by atoms with E-state index in [0.717, 1.165) is 16.8 Å². The van der Waals surface area contributed by atoms with Gasteiger partial charge in [0.25, 0.3) is 5.56 Å². The Balaban J connectivity index is 1.53. The maximum absolute atomic E-state index is 14.8. The van der Waals surface area contributed by atoms with Crippen molar-refractivity contribution in [2.75, 3.05) is 20.8 Å². The van der Waals surface area contributed by atoms with Gasteiger partial charge in [-0.2, -0.15) is 0 Å². The van der Waals surface area contributed by atoms with E-state index in [2.05, 4.69) is 4.90 Å². The molecule has 0 radical (unpaired) electrons. The molecule has 0 atom stereocenters. The van der Waals surface area contributed by atoms with Crippen LogP contribution in [0.25, 0.3) is 0 Å². The van der Waals surface area contributed by atoms with Crippen molar-refractivity contribution in [3.05, 3.63) is 123 Å². The molecule has 1 aliphatic heterocycles. The van der Waals surface area contributed by atoms with Gasteiger partial charge in [0.05, 0.1) is 31.5 Å². The average molecular weight is 500 g/mol. The van der Waals surface area contributed by atoms with Gasteiger partial charge in [-0.15, -0.1) is 0 Å². The number of nitrogens with zero attached hydrogens (tertiary/aromatic N) is 3. The highest BCUT2D eigenvalue weighted by Gasteiger charge is 2.27. The van der Waals surface area contributed by atoms with Crippen molar-refractivity contribution in [3.8, 4) is 11.5 Å². The van der Waals surface area contributed by atoms with Crippen LogP contribution in [0.4, 0.5) is 4.39 Å². The van der Waals surface area contributed by atoms with Crippen LogP contribution in [0.1, 0.15) is 39.8 Å². The number of rotatable bonds is 7. The van der Waals surface area contributed by atoms with Crippen molar-refractivity contribution in [2.24, 2.45) is 0 Å². The molecule has 5 rings (SSSR count). The molecule has 0 aliphatic carbocycles. The van der Waals surface area contributed by atoms with Crippen molar-refractivity contribution in [3.63, 3.8) is 0 Å². The molecular formula is C30H30FN3O3. The Hall–Kier alpha value is -3.97. The SMILES string of the molecule is COc1cc(F)c(CN2CCc3nc(C)n(C(c4ccccc4)c4ccccc4)c(=O)c3C2)cc1OC. The molecule has 0 spiro atoms. The molecule has 3 aromatic carbocycles. The first kappa shape index (κ1) is 24.7. The number of hydrogen-bond acceptors (Lipinski definition) is 5. The quantitative estimate of drug-likeness (QED) is 0.362.